The van der Waals surface area contributed by atoms with E-state index >= 15 is 0 Å². The van der Waals surface area contributed by atoms with Crippen molar-refractivity contribution in [2.24, 2.45) is 0 Å². The number of rotatable bonds is 6. The Labute approximate surface area is 133 Å². The molecule has 0 atom stereocenters. The molecule has 0 unspecified atom stereocenters. The van der Waals surface area contributed by atoms with Crippen molar-refractivity contribution in [1.29, 1.82) is 0 Å². The van der Waals surface area contributed by atoms with E-state index in [4.69, 9.17) is 21.1 Å². The predicted molar refractivity (Wildman–Crippen MR) is 82.6 cm³/mol. The van der Waals surface area contributed by atoms with Crippen LogP contribution in [0.1, 0.15) is 12.0 Å². The monoisotopic (exact) mass is 321 g/mol. The van der Waals surface area contributed by atoms with Gasteiger partial charge in [-0.3, -0.25) is 4.79 Å². The smallest absolute Gasteiger partial charge is 0.308 e. The van der Waals surface area contributed by atoms with Gasteiger partial charge in [-0.2, -0.15) is 0 Å². The molecule has 0 bridgehead atoms. The van der Waals surface area contributed by atoms with Crippen molar-refractivity contribution in [3.63, 3.8) is 0 Å². The zero-order valence-electron chi connectivity index (χ0n) is 12.3. The zero-order chi connectivity index (χ0) is 15.9. The van der Waals surface area contributed by atoms with E-state index in [9.17, 15) is 4.79 Å². The molecule has 116 valence electrons. The Balaban J connectivity index is 1.92. The van der Waals surface area contributed by atoms with Crippen LogP contribution in [0, 0.1) is 6.92 Å². The van der Waals surface area contributed by atoms with Crippen LogP contribution >= 0.6 is 11.6 Å². The summed E-state index contributed by atoms with van der Waals surface area (Å²) in [5.41, 5.74) is 0.853. The van der Waals surface area contributed by atoms with Crippen molar-refractivity contribution >= 4 is 17.6 Å². The van der Waals surface area contributed by atoms with Gasteiger partial charge in [-0.05, 0) is 37.3 Å². The third-order valence-corrected chi connectivity index (χ3v) is 3.04. The first-order valence-electron chi connectivity index (χ1n) is 6.68. The number of nitrogens with zero attached hydrogens (tertiary/aromatic N) is 1. The van der Waals surface area contributed by atoms with Crippen LogP contribution in [-0.4, -0.2) is 24.7 Å². The van der Waals surface area contributed by atoms with Crippen LogP contribution in [0.2, 0.25) is 5.02 Å². The number of ether oxygens (including phenoxy) is 3. The van der Waals surface area contributed by atoms with Crippen LogP contribution in [0.5, 0.6) is 17.4 Å². The van der Waals surface area contributed by atoms with Crippen LogP contribution < -0.4 is 9.47 Å². The van der Waals surface area contributed by atoms with Crippen molar-refractivity contribution in [3.8, 4) is 17.4 Å². The molecule has 22 heavy (non-hydrogen) atoms. The van der Waals surface area contributed by atoms with Gasteiger partial charge in [0.15, 0.2) is 0 Å². The Morgan fingerprint density at radius 3 is 2.55 bits per heavy atom. The molecule has 0 spiro atoms. The second-order valence-corrected chi connectivity index (χ2v) is 4.96. The van der Waals surface area contributed by atoms with Gasteiger partial charge in [-0.25, -0.2) is 4.98 Å². The third kappa shape index (κ3) is 4.63. The van der Waals surface area contributed by atoms with Crippen LogP contribution in [0.3, 0.4) is 0 Å². The van der Waals surface area contributed by atoms with Crippen LogP contribution in [-0.2, 0) is 9.53 Å². The topological polar surface area (TPSA) is 57.7 Å². The average molecular weight is 322 g/mol. The lowest BCUT2D eigenvalue weighted by molar-refractivity contribution is -0.141. The van der Waals surface area contributed by atoms with E-state index < -0.39 is 0 Å². The molecule has 0 aliphatic rings. The van der Waals surface area contributed by atoms with Gasteiger partial charge < -0.3 is 14.2 Å². The summed E-state index contributed by atoms with van der Waals surface area (Å²) in [6.45, 7) is 2.14. The number of carbonyl (C=O) groups excluding carboxylic acids is 1. The standard InChI is InChI=1S/C16H16ClNO4/c1-11-9-12(17)10-18-16(11)22-14-5-3-13(4-6-14)21-8-7-15(19)20-2/h3-6,9-10H,7-8H2,1-2H3. The van der Waals surface area contributed by atoms with E-state index in [1.165, 1.54) is 13.3 Å². The lowest BCUT2D eigenvalue weighted by atomic mass is 10.3. The van der Waals surface area contributed by atoms with Crippen LogP contribution in [0.25, 0.3) is 0 Å². The van der Waals surface area contributed by atoms with Gasteiger partial charge in [-0.1, -0.05) is 11.6 Å². The van der Waals surface area contributed by atoms with E-state index in [1.54, 1.807) is 30.3 Å². The normalized spacial score (nSPS) is 10.1. The molecule has 0 fully saturated rings. The Morgan fingerprint density at radius 1 is 1.23 bits per heavy atom. The van der Waals surface area contributed by atoms with Gasteiger partial charge in [0.25, 0.3) is 0 Å². The van der Waals surface area contributed by atoms with E-state index in [0.717, 1.165) is 5.56 Å². The summed E-state index contributed by atoms with van der Waals surface area (Å²) in [5, 5.41) is 0.569. The van der Waals surface area contributed by atoms with Gasteiger partial charge in [0, 0.05) is 11.8 Å². The second kappa shape index (κ2) is 7.66. The number of aryl methyl sites for hydroxylation is 1. The van der Waals surface area contributed by atoms with Crippen molar-refractivity contribution in [1.82, 2.24) is 4.98 Å². The molecular formula is C16H16ClNO4. The number of aromatic nitrogens is 1. The highest BCUT2D eigenvalue weighted by Gasteiger charge is 2.05. The van der Waals surface area contributed by atoms with E-state index in [0.29, 0.717) is 22.4 Å². The molecule has 1 heterocycles. The number of benzene rings is 1. The van der Waals surface area contributed by atoms with E-state index in [-0.39, 0.29) is 19.0 Å². The minimum atomic E-state index is -0.302. The van der Waals surface area contributed by atoms with E-state index in [2.05, 4.69) is 9.72 Å². The molecule has 0 radical (unpaired) electrons. The summed E-state index contributed by atoms with van der Waals surface area (Å²) in [4.78, 5) is 15.1. The Morgan fingerprint density at radius 2 is 1.91 bits per heavy atom. The Kier molecular flexibility index (Phi) is 5.61. The average Bonchev–Trinajstić information content (AvgIpc) is 2.51. The number of pyridine rings is 1. The minimum Gasteiger partial charge on any atom is -0.493 e. The SMILES string of the molecule is COC(=O)CCOc1ccc(Oc2ncc(Cl)cc2C)cc1. The number of hydrogen-bond acceptors (Lipinski definition) is 5. The molecule has 0 saturated heterocycles. The molecule has 0 saturated carbocycles. The fraction of sp³-hybridized carbons (Fsp3) is 0.250. The quantitative estimate of drug-likeness (QED) is 0.758. The molecule has 2 rings (SSSR count). The number of esters is 1. The van der Waals surface area contributed by atoms with Gasteiger partial charge in [0.05, 0.1) is 25.2 Å². The van der Waals surface area contributed by atoms with E-state index in [1.807, 2.05) is 6.92 Å². The maximum absolute atomic E-state index is 11.0. The molecule has 6 heteroatoms. The fourth-order valence-corrected chi connectivity index (χ4v) is 1.92. The first kappa shape index (κ1) is 16.1. The highest BCUT2D eigenvalue weighted by molar-refractivity contribution is 6.30. The fourth-order valence-electron chi connectivity index (χ4n) is 1.70. The zero-order valence-corrected chi connectivity index (χ0v) is 13.1. The highest BCUT2D eigenvalue weighted by Crippen LogP contribution is 2.26. The first-order chi connectivity index (χ1) is 10.6. The van der Waals surface area contributed by atoms with Gasteiger partial charge in [0.1, 0.15) is 11.5 Å². The molecule has 0 aliphatic carbocycles. The summed E-state index contributed by atoms with van der Waals surface area (Å²) in [7, 11) is 1.35. The summed E-state index contributed by atoms with van der Waals surface area (Å²) in [5.74, 6) is 1.49. The maximum Gasteiger partial charge on any atom is 0.308 e. The molecular weight excluding hydrogens is 306 g/mol. The van der Waals surface area contributed by atoms with Crippen molar-refractivity contribution in [2.75, 3.05) is 13.7 Å². The summed E-state index contributed by atoms with van der Waals surface area (Å²) in [6, 6.07) is 8.84. The molecule has 0 aliphatic heterocycles. The highest BCUT2D eigenvalue weighted by atomic mass is 35.5. The van der Waals surface area contributed by atoms with Crippen molar-refractivity contribution < 1.29 is 19.0 Å². The summed E-state index contributed by atoms with van der Waals surface area (Å²) < 4.78 is 15.7. The lowest BCUT2D eigenvalue weighted by Crippen LogP contribution is -2.07. The van der Waals surface area contributed by atoms with Gasteiger partial charge in [0.2, 0.25) is 5.88 Å². The third-order valence-electron chi connectivity index (χ3n) is 2.84. The largest absolute Gasteiger partial charge is 0.493 e. The number of carbonyl (C=O) groups is 1. The number of hydrogen-bond donors (Lipinski definition) is 0. The summed E-state index contributed by atoms with van der Waals surface area (Å²) in [6.07, 6.45) is 1.75. The number of halogens is 1. The van der Waals surface area contributed by atoms with Crippen LogP contribution in [0.15, 0.2) is 36.5 Å². The van der Waals surface area contributed by atoms with Crippen LogP contribution in [0.4, 0.5) is 0 Å². The predicted octanol–water partition coefficient (Wildman–Crippen LogP) is 3.78. The molecule has 0 N–H and O–H groups in total. The Bertz CT molecular complexity index is 643. The lowest BCUT2D eigenvalue weighted by Gasteiger charge is -2.09. The van der Waals surface area contributed by atoms with Gasteiger partial charge in [-0.15, -0.1) is 0 Å². The minimum absolute atomic E-state index is 0.211. The van der Waals surface area contributed by atoms with Crippen molar-refractivity contribution in [3.05, 3.63) is 47.1 Å². The first-order valence-corrected chi connectivity index (χ1v) is 7.06. The maximum atomic E-state index is 11.0. The molecule has 2 aromatic rings. The molecule has 5 nitrogen and oxygen atoms in total. The molecule has 0 amide bonds. The Hall–Kier alpha value is -2.27. The molecule has 1 aromatic carbocycles. The van der Waals surface area contributed by atoms with Crippen molar-refractivity contribution in [2.45, 2.75) is 13.3 Å². The number of methoxy groups -OCH3 is 1. The molecule has 1 aromatic heterocycles. The summed E-state index contributed by atoms with van der Waals surface area (Å²) >= 11 is 5.85. The van der Waals surface area contributed by atoms with Gasteiger partial charge >= 0.3 is 5.97 Å². The second-order valence-electron chi connectivity index (χ2n) is 4.52.